The minimum atomic E-state index is -0.234. The number of methoxy groups -OCH3 is 1. The molecule has 1 heterocycles. The number of thiophene rings is 1. The molecule has 1 aromatic heterocycles. The molecule has 1 unspecified atom stereocenters. The van der Waals surface area contributed by atoms with Crippen LogP contribution in [0.25, 0.3) is 0 Å². The Kier molecular flexibility index (Phi) is 9.73. The molecule has 0 radical (unpaired) electrons. The van der Waals surface area contributed by atoms with Crippen molar-refractivity contribution in [2.75, 3.05) is 7.11 Å². The summed E-state index contributed by atoms with van der Waals surface area (Å²) in [5, 5.41) is 10.2. The maximum atomic E-state index is 11.0. The number of esters is 1. The van der Waals surface area contributed by atoms with Crippen molar-refractivity contribution in [1.29, 1.82) is 0 Å². The van der Waals surface area contributed by atoms with E-state index < -0.39 is 0 Å². The number of rotatable bonds is 8. The van der Waals surface area contributed by atoms with Crippen LogP contribution >= 0.6 is 11.3 Å². The van der Waals surface area contributed by atoms with Gasteiger partial charge in [0.05, 0.1) is 13.2 Å². The Morgan fingerprint density at radius 3 is 2.54 bits per heavy atom. The fraction of sp³-hybridized carbons (Fsp3) is 0.708. The summed E-state index contributed by atoms with van der Waals surface area (Å²) in [6.07, 6.45) is 18.0. The Balaban J connectivity index is 0.000000209. The minimum absolute atomic E-state index is 0.0936. The van der Waals surface area contributed by atoms with Gasteiger partial charge < -0.3 is 9.84 Å². The van der Waals surface area contributed by atoms with Crippen molar-refractivity contribution in [3.05, 3.63) is 34.0 Å². The van der Waals surface area contributed by atoms with Gasteiger partial charge in [-0.1, -0.05) is 51.7 Å². The molecular weight excluding hydrogens is 368 g/mol. The second-order valence-electron chi connectivity index (χ2n) is 8.30. The lowest BCUT2D eigenvalue weighted by Gasteiger charge is -2.45. The van der Waals surface area contributed by atoms with Crippen LogP contribution in [0.5, 0.6) is 0 Å². The predicted octanol–water partition coefficient (Wildman–Crippen LogP) is 6.55. The number of aliphatic hydroxyl groups excluding tert-OH is 1. The van der Waals surface area contributed by atoms with Crippen LogP contribution in [0.15, 0.2) is 24.3 Å². The normalized spacial score (nSPS) is 19.7. The van der Waals surface area contributed by atoms with E-state index in [0.717, 1.165) is 31.6 Å². The van der Waals surface area contributed by atoms with Crippen molar-refractivity contribution in [2.45, 2.75) is 90.6 Å². The third-order valence-corrected chi connectivity index (χ3v) is 7.60. The summed E-state index contributed by atoms with van der Waals surface area (Å²) in [5.41, 5.74) is 0.278. The molecule has 3 rings (SSSR count). The standard InChI is InChI=1S/C15H26O.C9H12O2S/c1-2-15(11-6-12-15)14(16)10-5-9-13-7-3-4-8-13;1-3-4-7-5-6-8(12-7)9(10)11-2/h5,9,13-14,16H,2-4,6-8,10-12H2,1H3;5-6H,3-4H2,1-2H3/b9-5+;. The van der Waals surface area contributed by atoms with Gasteiger partial charge in [0, 0.05) is 4.88 Å². The van der Waals surface area contributed by atoms with Gasteiger partial charge in [0.15, 0.2) is 0 Å². The van der Waals surface area contributed by atoms with E-state index in [1.54, 1.807) is 0 Å². The zero-order valence-electron chi connectivity index (χ0n) is 17.9. The van der Waals surface area contributed by atoms with E-state index in [-0.39, 0.29) is 17.5 Å². The minimum Gasteiger partial charge on any atom is -0.465 e. The van der Waals surface area contributed by atoms with Crippen LogP contribution in [0, 0.1) is 11.3 Å². The first-order valence-corrected chi connectivity index (χ1v) is 11.9. The van der Waals surface area contributed by atoms with Crippen LogP contribution in [0.3, 0.4) is 0 Å². The average molecular weight is 407 g/mol. The van der Waals surface area contributed by atoms with E-state index in [1.807, 2.05) is 12.1 Å². The number of aliphatic hydroxyl groups is 1. The number of ether oxygens (including phenoxy) is 1. The molecule has 1 aromatic rings. The van der Waals surface area contributed by atoms with Crippen LogP contribution in [-0.2, 0) is 11.2 Å². The van der Waals surface area contributed by atoms with Crippen LogP contribution < -0.4 is 0 Å². The van der Waals surface area contributed by atoms with E-state index in [9.17, 15) is 9.90 Å². The Hall–Kier alpha value is -1.13. The van der Waals surface area contributed by atoms with Gasteiger partial charge in [-0.15, -0.1) is 11.3 Å². The Bertz CT molecular complexity index is 604. The summed E-state index contributed by atoms with van der Waals surface area (Å²) < 4.78 is 4.60. The highest BCUT2D eigenvalue weighted by atomic mass is 32.1. The molecule has 0 bridgehead atoms. The van der Waals surface area contributed by atoms with Gasteiger partial charge in [0.1, 0.15) is 4.88 Å². The zero-order chi connectivity index (χ0) is 20.4. The largest absolute Gasteiger partial charge is 0.465 e. The van der Waals surface area contributed by atoms with E-state index in [2.05, 4.69) is 30.7 Å². The van der Waals surface area contributed by atoms with Crippen LogP contribution in [0.2, 0.25) is 0 Å². The number of allylic oxidation sites excluding steroid dienone is 1. The molecule has 0 aliphatic heterocycles. The molecule has 2 fully saturated rings. The maximum Gasteiger partial charge on any atom is 0.348 e. The molecule has 0 amide bonds. The third-order valence-electron chi connectivity index (χ3n) is 6.47. The Morgan fingerprint density at radius 1 is 1.29 bits per heavy atom. The molecule has 28 heavy (non-hydrogen) atoms. The molecule has 0 aromatic carbocycles. The predicted molar refractivity (Wildman–Crippen MR) is 118 cm³/mol. The molecular formula is C24H38O3S. The number of carbonyl (C=O) groups is 1. The highest BCUT2D eigenvalue weighted by molar-refractivity contribution is 7.13. The lowest BCUT2D eigenvalue weighted by molar-refractivity contribution is -0.0355. The second kappa shape index (κ2) is 11.8. The monoisotopic (exact) mass is 406 g/mol. The van der Waals surface area contributed by atoms with Gasteiger partial charge in [-0.3, -0.25) is 0 Å². The molecule has 1 N–H and O–H groups in total. The molecule has 2 saturated carbocycles. The molecule has 2 aliphatic carbocycles. The number of hydrogen-bond donors (Lipinski definition) is 1. The van der Waals surface area contributed by atoms with Gasteiger partial charge >= 0.3 is 5.97 Å². The number of hydrogen-bond acceptors (Lipinski definition) is 4. The summed E-state index contributed by atoms with van der Waals surface area (Å²) in [4.78, 5) is 13.0. The van der Waals surface area contributed by atoms with Gasteiger partial charge in [-0.25, -0.2) is 4.79 Å². The smallest absolute Gasteiger partial charge is 0.348 e. The SMILES string of the molecule is CCC1(C(O)C/C=C/C2CCCC2)CCC1.CCCc1ccc(C(=O)OC)s1. The zero-order valence-corrected chi connectivity index (χ0v) is 18.7. The van der Waals surface area contributed by atoms with Gasteiger partial charge in [-0.05, 0) is 68.4 Å². The Morgan fingerprint density at radius 2 is 2.00 bits per heavy atom. The van der Waals surface area contributed by atoms with E-state index in [0.29, 0.717) is 4.88 Å². The van der Waals surface area contributed by atoms with E-state index >= 15 is 0 Å². The highest BCUT2D eigenvalue weighted by Crippen LogP contribution is 2.47. The summed E-state index contributed by atoms with van der Waals surface area (Å²) in [7, 11) is 1.40. The van der Waals surface area contributed by atoms with Gasteiger partial charge in [-0.2, -0.15) is 0 Å². The quantitative estimate of drug-likeness (QED) is 0.393. The lowest BCUT2D eigenvalue weighted by atomic mass is 9.63. The summed E-state index contributed by atoms with van der Waals surface area (Å²) in [6.45, 7) is 4.35. The van der Waals surface area contributed by atoms with Crippen molar-refractivity contribution in [1.82, 2.24) is 0 Å². The van der Waals surface area contributed by atoms with Gasteiger partial charge in [0.25, 0.3) is 0 Å². The molecule has 2 aliphatic rings. The Labute approximate surface area is 175 Å². The van der Waals surface area contributed by atoms with Crippen molar-refractivity contribution in [3.63, 3.8) is 0 Å². The van der Waals surface area contributed by atoms with Crippen molar-refractivity contribution in [3.8, 4) is 0 Å². The van der Waals surface area contributed by atoms with E-state index in [4.69, 9.17) is 0 Å². The number of carbonyl (C=O) groups excluding carboxylic acids is 1. The van der Waals surface area contributed by atoms with Crippen LogP contribution in [0.1, 0.15) is 92.6 Å². The van der Waals surface area contributed by atoms with E-state index in [1.165, 1.54) is 68.3 Å². The molecule has 158 valence electrons. The fourth-order valence-corrected chi connectivity index (χ4v) is 5.35. The van der Waals surface area contributed by atoms with Gasteiger partial charge in [0.2, 0.25) is 0 Å². The molecule has 0 saturated heterocycles. The number of aryl methyl sites for hydroxylation is 1. The summed E-state index contributed by atoms with van der Waals surface area (Å²) in [6, 6.07) is 3.81. The first-order chi connectivity index (χ1) is 13.5. The van der Waals surface area contributed by atoms with Crippen molar-refractivity contribution < 1.29 is 14.6 Å². The average Bonchev–Trinajstić information content (AvgIpc) is 3.34. The lowest BCUT2D eigenvalue weighted by Crippen LogP contribution is -2.40. The summed E-state index contributed by atoms with van der Waals surface area (Å²) >= 11 is 1.52. The first kappa shape index (κ1) is 23.2. The molecule has 3 nitrogen and oxygen atoms in total. The second-order valence-corrected chi connectivity index (χ2v) is 9.47. The van der Waals surface area contributed by atoms with Crippen LogP contribution in [0.4, 0.5) is 0 Å². The molecule has 0 spiro atoms. The van der Waals surface area contributed by atoms with Crippen molar-refractivity contribution >= 4 is 17.3 Å². The van der Waals surface area contributed by atoms with Crippen LogP contribution in [-0.4, -0.2) is 24.3 Å². The molecule has 1 atom stereocenters. The van der Waals surface area contributed by atoms with Crippen molar-refractivity contribution in [2.24, 2.45) is 11.3 Å². The summed E-state index contributed by atoms with van der Waals surface area (Å²) in [5.74, 6) is 0.577. The fourth-order valence-electron chi connectivity index (χ4n) is 4.32. The first-order valence-electron chi connectivity index (χ1n) is 11.1. The topological polar surface area (TPSA) is 46.5 Å². The third kappa shape index (κ3) is 6.45. The molecule has 4 heteroatoms. The highest BCUT2D eigenvalue weighted by Gasteiger charge is 2.40. The maximum absolute atomic E-state index is 11.0.